The van der Waals surface area contributed by atoms with E-state index in [1.54, 1.807) is 13.8 Å². The highest BCUT2D eigenvalue weighted by atomic mass is 19.4. The Morgan fingerprint density at radius 3 is 2.08 bits per heavy atom. The van der Waals surface area contributed by atoms with E-state index in [-0.39, 0.29) is 12.3 Å². The van der Waals surface area contributed by atoms with E-state index in [2.05, 4.69) is 20.1 Å². The second kappa shape index (κ2) is 10.9. The van der Waals surface area contributed by atoms with E-state index in [1.165, 1.54) is 0 Å². The zero-order valence-electron chi connectivity index (χ0n) is 15.6. The molecule has 0 aromatic rings. The van der Waals surface area contributed by atoms with Gasteiger partial charge in [0, 0.05) is 0 Å². The van der Waals surface area contributed by atoms with Crippen LogP contribution >= 0.6 is 0 Å². The number of esters is 1. The van der Waals surface area contributed by atoms with Crippen LogP contribution in [0.25, 0.3) is 0 Å². The lowest BCUT2D eigenvalue weighted by molar-refractivity contribution is -0.188. The first-order valence-corrected chi connectivity index (χ1v) is 8.29. The maximum Gasteiger partial charge on any atom is 0.422 e. The van der Waals surface area contributed by atoms with Crippen molar-refractivity contribution in [1.29, 1.82) is 0 Å². The van der Waals surface area contributed by atoms with E-state index in [0.29, 0.717) is 6.42 Å². The molecule has 0 aliphatic carbocycles. The summed E-state index contributed by atoms with van der Waals surface area (Å²) in [6.07, 6.45) is -4.81. The summed E-state index contributed by atoms with van der Waals surface area (Å²) in [5, 5.41) is 4.74. The molecular formula is C16H27F3N2O5. The summed E-state index contributed by atoms with van der Waals surface area (Å²) in [6, 6.07) is -2.26. The molecule has 0 saturated heterocycles. The fraction of sp³-hybridized carbons (Fsp3) is 0.812. The fourth-order valence-electron chi connectivity index (χ4n) is 2.07. The molecule has 3 unspecified atom stereocenters. The van der Waals surface area contributed by atoms with Crippen molar-refractivity contribution in [1.82, 2.24) is 10.6 Å². The number of methoxy groups -OCH3 is 1. The molecule has 26 heavy (non-hydrogen) atoms. The molecule has 0 aliphatic rings. The summed E-state index contributed by atoms with van der Waals surface area (Å²) < 4.78 is 45.5. The number of nitrogens with one attached hydrogen (secondary N) is 2. The largest absolute Gasteiger partial charge is 0.454 e. The Balaban J connectivity index is 5.16. The minimum atomic E-state index is -4.66. The number of hydrogen-bond acceptors (Lipinski definition) is 5. The Hall–Kier alpha value is -2.00. The van der Waals surface area contributed by atoms with Crippen LogP contribution in [-0.4, -0.2) is 49.9 Å². The van der Waals surface area contributed by atoms with Crippen LogP contribution in [0.15, 0.2) is 0 Å². The van der Waals surface area contributed by atoms with Crippen molar-refractivity contribution in [2.24, 2.45) is 11.8 Å². The molecule has 0 aromatic carbocycles. The van der Waals surface area contributed by atoms with Crippen LogP contribution in [0, 0.1) is 11.8 Å². The van der Waals surface area contributed by atoms with Gasteiger partial charge in [0.2, 0.25) is 5.91 Å². The summed E-state index contributed by atoms with van der Waals surface area (Å²) >= 11 is 0. The monoisotopic (exact) mass is 384 g/mol. The molecule has 0 aromatic heterocycles. The molecule has 3 atom stereocenters. The molecule has 0 aliphatic heterocycles. The van der Waals surface area contributed by atoms with Gasteiger partial charge >= 0.3 is 18.2 Å². The van der Waals surface area contributed by atoms with Crippen molar-refractivity contribution in [3.63, 3.8) is 0 Å². The molecule has 152 valence electrons. The van der Waals surface area contributed by atoms with Gasteiger partial charge in [-0.1, -0.05) is 34.1 Å². The lowest BCUT2D eigenvalue weighted by Crippen LogP contribution is -2.54. The summed E-state index contributed by atoms with van der Waals surface area (Å²) in [6.45, 7) is 5.24. The zero-order chi connectivity index (χ0) is 20.5. The SMILES string of the molecule is CCC(C)C(NC(=O)C(CC(C)C)NC(=O)OC)C(=O)OCC(F)(F)F. The highest BCUT2D eigenvalue weighted by Gasteiger charge is 2.35. The van der Waals surface area contributed by atoms with Crippen molar-refractivity contribution >= 4 is 18.0 Å². The number of alkyl halides is 3. The van der Waals surface area contributed by atoms with Gasteiger partial charge in [0.15, 0.2) is 6.61 Å². The Bertz CT molecular complexity index is 483. The highest BCUT2D eigenvalue weighted by molar-refractivity contribution is 5.89. The highest BCUT2D eigenvalue weighted by Crippen LogP contribution is 2.17. The number of carbonyl (C=O) groups is 3. The van der Waals surface area contributed by atoms with E-state index >= 15 is 0 Å². The first-order valence-electron chi connectivity index (χ1n) is 8.29. The van der Waals surface area contributed by atoms with Gasteiger partial charge in [0.1, 0.15) is 12.1 Å². The molecule has 0 fully saturated rings. The minimum absolute atomic E-state index is 0.0298. The lowest BCUT2D eigenvalue weighted by atomic mass is 9.97. The summed E-state index contributed by atoms with van der Waals surface area (Å²) in [5.41, 5.74) is 0. The quantitative estimate of drug-likeness (QED) is 0.596. The van der Waals surface area contributed by atoms with Crippen LogP contribution < -0.4 is 10.6 Å². The van der Waals surface area contributed by atoms with Crippen molar-refractivity contribution in [3.8, 4) is 0 Å². The Morgan fingerprint density at radius 1 is 1.08 bits per heavy atom. The predicted molar refractivity (Wildman–Crippen MR) is 87.2 cm³/mol. The van der Waals surface area contributed by atoms with Gasteiger partial charge in [-0.2, -0.15) is 13.2 Å². The maximum absolute atomic E-state index is 12.5. The third-order valence-electron chi connectivity index (χ3n) is 3.64. The van der Waals surface area contributed by atoms with Gasteiger partial charge in [-0.25, -0.2) is 9.59 Å². The van der Waals surface area contributed by atoms with Gasteiger partial charge in [-0.15, -0.1) is 0 Å². The summed E-state index contributed by atoms with van der Waals surface area (Å²) in [4.78, 5) is 35.9. The third-order valence-corrected chi connectivity index (χ3v) is 3.64. The van der Waals surface area contributed by atoms with Crippen LogP contribution in [0.5, 0.6) is 0 Å². The van der Waals surface area contributed by atoms with E-state index in [1.807, 2.05) is 13.8 Å². The molecule has 7 nitrogen and oxygen atoms in total. The lowest BCUT2D eigenvalue weighted by Gasteiger charge is -2.26. The predicted octanol–water partition coefficient (Wildman–Crippen LogP) is 2.39. The average molecular weight is 384 g/mol. The summed E-state index contributed by atoms with van der Waals surface area (Å²) in [5.74, 6) is -2.30. The molecule has 0 spiro atoms. The number of carbonyl (C=O) groups excluding carboxylic acids is 3. The van der Waals surface area contributed by atoms with E-state index in [4.69, 9.17) is 0 Å². The van der Waals surface area contributed by atoms with Gasteiger partial charge < -0.3 is 20.1 Å². The van der Waals surface area contributed by atoms with Crippen LogP contribution in [0.2, 0.25) is 0 Å². The number of hydrogen-bond donors (Lipinski definition) is 2. The number of alkyl carbamates (subject to hydrolysis) is 1. The molecule has 2 amide bonds. The molecule has 0 saturated carbocycles. The van der Waals surface area contributed by atoms with Gasteiger partial charge in [0.25, 0.3) is 0 Å². The summed E-state index contributed by atoms with van der Waals surface area (Å²) in [7, 11) is 1.14. The molecular weight excluding hydrogens is 357 g/mol. The third kappa shape index (κ3) is 9.47. The van der Waals surface area contributed by atoms with Crippen LogP contribution in [-0.2, 0) is 19.1 Å². The Morgan fingerprint density at radius 2 is 1.65 bits per heavy atom. The average Bonchev–Trinajstić information content (AvgIpc) is 2.54. The second-order valence-corrected chi connectivity index (χ2v) is 6.41. The van der Waals surface area contributed by atoms with Gasteiger partial charge in [0.05, 0.1) is 7.11 Å². The van der Waals surface area contributed by atoms with Crippen molar-refractivity contribution in [2.75, 3.05) is 13.7 Å². The second-order valence-electron chi connectivity index (χ2n) is 6.41. The van der Waals surface area contributed by atoms with Crippen LogP contribution in [0.4, 0.5) is 18.0 Å². The zero-order valence-corrected chi connectivity index (χ0v) is 15.6. The molecule has 10 heteroatoms. The van der Waals surface area contributed by atoms with Crippen LogP contribution in [0.3, 0.4) is 0 Å². The molecule has 0 radical (unpaired) electrons. The van der Waals surface area contributed by atoms with E-state index in [9.17, 15) is 27.6 Å². The molecule has 0 heterocycles. The topological polar surface area (TPSA) is 93.7 Å². The molecule has 2 N–H and O–H groups in total. The van der Waals surface area contributed by atoms with Crippen molar-refractivity contribution in [2.45, 2.75) is 58.8 Å². The van der Waals surface area contributed by atoms with Gasteiger partial charge in [-0.05, 0) is 18.3 Å². The first kappa shape index (κ1) is 24.0. The number of halogens is 3. The maximum atomic E-state index is 12.5. The fourth-order valence-corrected chi connectivity index (χ4v) is 2.07. The first-order chi connectivity index (χ1) is 11.9. The van der Waals surface area contributed by atoms with E-state index in [0.717, 1.165) is 7.11 Å². The van der Waals surface area contributed by atoms with Crippen molar-refractivity contribution in [3.05, 3.63) is 0 Å². The minimum Gasteiger partial charge on any atom is -0.454 e. The molecule has 0 rings (SSSR count). The van der Waals surface area contributed by atoms with Gasteiger partial charge in [-0.3, -0.25) is 4.79 Å². The Labute approximate surface area is 151 Å². The number of rotatable bonds is 9. The van der Waals surface area contributed by atoms with Crippen molar-refractivity contribution < 1.29 is 37.0 Å². The smallest absolute Gasteiger partial charge is 0.422 e. The van der Waals surface area contributed by atoms with Crippen LogP contribution in [0.1, 0.15) is 40.5 Å². The Kier molecular flexibility index (Phi) is 10.0. The number of amides is 2. The molecule has 0 bridgehead atoms. The normalized spacial score (nSPS) is 15.0. The van der Waals surface area contributed by atoms with E-state index < -0.39 is 48.8 Å². The standard InChI is InChI=1S/C16H27F3N2O5/c1-6-10(4)12(14(23)26-8-16(17,18)19)21-13(22)11(7-9(2)3)20-15(24)25-5/h9-12H,6-8H2,1-5H3,(H,20,24)(H,21,22). The number of ether oxygens (including phenoxy) is 2.